The van der Waals surface area contributed by atoms with Crippen molar-refractivity contribution in [3.63, 3.8) is 0 Å². The molecule has 0 amide bonds. The van der Waals surface area contributed by atoms with Crippen molar-refractivity contribution in [2.24, 2.45) is 0 Å². The standard InChI is InChI=1S/C54H37N3.C51H31N3O/c1-54(2)47-23-12-11-22-45(47)46-31-28-35-25-24-34-26-27-40-32-39(29-30-44(40)48(34)49(35)50(46)54)43-21-10-9-20-42(43)38-18-13-19-41(33-38)53-56-51(36-14-5-3-6-15-36)55-52(57-53)37-16-7-4-8-17-37;1-3-12-34(13-4-1)49-52-50(35-14-5-2-6-15-35)54-51(53-49)39-17-11-16-36(31-39)40-18-7-8-19-41(40)37-27-28-42-38(30-37)25-24-32-22-23-33-26-29-44-43-20-9-10-21-45(43)55-48(44)47(33)46(32)42/h3-33H,1-2H3;1-31H. The van der Waals surface area contributed by atoms with Gasteiger partial charge >= 0.3 is 0 Å². The Kier molecular flexibility index (Phi) is 15.8. The Morgan fingerprint density at radius 2 is 0.527 bits per heavy atom. The average molecular weight is 1430 g/mol. The first-order valence-corrected chi connectivity index (χ1v) is 38.1. The molecule has 18 aromatic carbocycles. The minimum atomic E-state index is -0.108. The Hall–Kier alpha value is -14.7. The Bertz CT molecular complexity index is 7220. The Balaban J connectivity index is 0.000000142. The summed E-state index contributed by atoms with van der Waals surface area (Å²) in [4.78, 5) is 29.8. The van der Waals surface area contributed by atoms with Crippen molar-refractivity contribution in [3.8, 4) is 124 Å². The van der Waals surface area contributed by atoms with Crippen molar-refractivity contribution < 1.29 is 4.42 Å². The molecule has 21 aromatic rings. The molecule has 3 aromatic heterocycles. The number of aromatic nitrogens is 6. The first-order chi connectivity index (χ1) is 55.3. The van der Waals surface area contributed by atoms with E-state index < -0.39 is 0 Å². The SMILES string of the molecule is CC1(C)c2ccccc2-c2ccc3ccc4ccc5cc(-c6ccccc6-c6cccc(-c7nc(-c8ccccc8)nc(-c8ccccc8)n7)c6)ccc5c4c3c21.c1ccc(-c2nc(-c3ccccc3)nc(-c3cccc(-c4ccccc4-c4ccc5c(ccc6ccc7ccc8c9ccccc9oc8c7c65)c4)c3)n2)cc1. The van der Waals surface area contributed by atoms with Crippen LogP contribution in [0.5, 0.6) is 0 Å². The highest BCUT2D eigenvalue weighted by Gasteiger charge is 2.37. The summed E-state index contributed by atoms with van der Waals surface area (Å²) in [6.07, 6.45) is 0. The van der Waals surface area contributed by atoms with Gasteiger partial charge in [0.25, 0.3) is 0 Å². The molecular weight excluding hydrogens is 1360 g/mol. The fourth-order valence-corrected chi connectivity index (χ4v) is 17.2. The van der Waals surface area contributed by atoms with Crippen molar-refractivity contribution >= 4 is 86.6 Å². The van der Waals surface area contributed by atoms with E-state index in [1.54, 1.807) is 0 Å². The van der Waals surface area contributed by atoms with E-state index in [2.05, 4.69) is 263 Å². The summed E-state index contributed by atoms with van der Waals surface area (Å²) in [5, 5.41) is 17.2. The van der Waals surface area contributed by atoms with Gasteiger partial charge in [0.2, 0.25) is 0 Å². The number of para-hydroxylation sites is 1. The van der Waals surface area contributed by atoms with Gasteiger partial charge in [0, 0.05) is 60.3 Å². The molecule has 3 heterocycles. The van der Waals surface area contributed by atoms with Crippen LogP contribution >= 0.6 is 0 Å². The zero-order valence-electron chi connectivity index (χ0n) is 61.4. The molecular formula is C105H68N6O. The van der Waals surface area contributed by atoms with Gasteiger partial charge in [0.15, 0.2) is 34.9 Å². The maximum atomic E-state index is 6.57. The third-order valence-corrected chi connectivity index (χ3v) is 22.6. The maximum absolute atomic E-state index is 6.57. The summed E-state index contributed by atoms with van der Waals surface area (Å²) in [6.45, 7) is 4.77. The number of benzene rings is 18. The molecule has 0 radical (unpaired) electrons. The second-order valence-electron chi connectivity index (χ2n) is 29.6. The quantitative estimate of drug-likeness (QED) is 0.126. The second kappa shape index (κ2) is 26.9. The van der Waals surface area contributed by atoms with Crippen LogP contribution in [0.25, 0.3) is 211 Å². The number of furan rings is 1. The fraction of sp³-hybridized carbons (Fsp3) is 0.0286. The number of rotatable bonds is 10. The highest BCUT2D eigenvalue weighted by Crippen LogP contribution is 2.54. The van der Waals surface area contributed by atoms with Crippen LogP contribution < -0.4 is 0 Å². The van der Waals surface area contributed by atoms with Crippen LogP contribution in [0.2, 0.25) is 0 Å². The molecule has 22 rings (SSSR count). The number of hydrogen-bond acceptors (Lipinski definition) is 7. The van der Waals surface area contributed by atoms with Crippen LogP contribution in [-0.2, 0) is 5.41 Å². The Morgan fingerprint density at radius 3 is 0.991 bits per heavy atom. The third kappa shape index (κ3) is 11.4. The first kappa shape index (κ1) is 65.6. The number of fused-ring (bicyclic) bond motifs is 18. The van der Waals surface area contributed by atoms with E-state index in [0.717, 1.165) is 94.1 Å². The van der Waals surface area contributed by atoms with Gasteiger partial charge in [-0.05, 0) is 157 Å². The normalized spacial score (nSPS) is 12.3. The van der Waals surface area contributed by atoms with Gasteiger partial charge in [-0.1, -0.05) is 354 Å². The topological polar surface area (TPSA) is 90.5 Å². The highest BCUT2D eigenvalue weighted by atomic mass is 16.3. The molecule has 1 aliphatic carbocycles. The van der Waals surface area contributed by atoms with E-state index in [-0.39, 0.29) is 5.41 Å². The van der Waals surface area contributed by atoms with Gasteiger partial charge in [-0.25, -0.2) is 29.9 Å². The maximum Gasteiger partial charge on any atom is 0.164 e. The lowest BCUT2D eigenvalue weighted by molar-refractivity contribution is 0.666. The minimum absolute atomic E-state index is 0.108. The Morgan fingerprint density at radius 1 is 0.205 bits per heavy atom. The number of hydrogen-bond donors (Lipinski definition) is 0. The van der Waals surface area contributed by atoms with Crippen molar-refractivity contribution in [2.75, 3.05) is 0 Å². The van der Waals surface area contributed by atoms with Gasteiger partial charge in [-0.3, -0.25) is 0 Å². The summed E-state index contributed by atoms with van der Waals surface area (Å²) in [6, 6.07) is 133. The van der Waals surface area contributed by atoms with Crippen molar-refractivity contribution in [3.05, 3.63) is 387 Å². The molecule has 0 unspecified atom stereocenters. The van der Waals surface area contributed by atoms with Crippen LogP contribution in [0.1, 0.15) is 25.0 Å². The molecule has 0 fully saturated rings. The average Bonchev–Trinajstić information content (AvgIpc) is 1.53. The highest BCUT2D eigenvalue weighted by molar-refractivity contribution is 6.29. The van der Waals surface area contributed by atoms with E-state index in [9.17, 15) is 0 Å². The molecule has 0 aliphatic heterocycles. The monoisotopic (exact) mass is 1430 g/mol. The predicted octanol–water partition coefficient (Wildman–Crippen LogP) is 27.5. The zero-order valence-corrected chi connectivity index (χ0v) is 61.4. The van der Waals surface area contributed by atoms with Crippen molar-refractivity contribution in [2.45, 2.75) is 19.3 Å². The first-order valence-electron chi connectivity index (χ1n) is 38.1. The van der Waals surface area contributed by atoms with Gasteiger partial charge in [-0.15, -0.1) is 0 Å². The minimum Gasteiger partial charge on any atom is -0.455 e. The summed E-state index contributed by atoms with van der Waals surface area (Å²) in [5.41, 5.74) is 22.1. The molecule has 0 bridgehead atoms. The van der Waals surface area contributed by atoms with Gasteiger partial charge < -0.3 is 4.42 Å². The van der Waals surface area contributed by atoms with Crippen molar-refractivity contribution in [1.29, 1.82) is 0 Å². The van der Waals surface area contributed by atoms with Crippen LogP contribution in [0.15, 0.2) is 381 Å². The predicted molar refractivity (Wildman–Crippen MR) is 464 cm³/mol. The van der Waals surface area contributed by atoms with Crippen LogP contribution in [0.4, 0.5) is 0 Å². The van der Waals surface area contributed by atoms with Crippen LogP contribution in [-0.4, -0.2) is 29.9 Å². The molecule has 7 nitrogen and oxygen atoms in total. The lowest BCUT2D eigenvalue weighted by Gasteiger charge is -2.24. The van der Waals surface area contributed by atoms with E-state index in [4.69, 9.17) is 34.3 Å². The van der Waals surface area contributed by atoms with Crippen molar-refractivity contribution in [1.82, 2.24) is 29.9 Å². The molecule has 524 valence electrons. The smallest absolute Gasteiger partial charge is 0.164 e. The fourth-order valence-electron chi connectivity index (χ4n) is 17.2. The molecule has 0 saturated carbocycles. The molecule has 0 atom stereocenters. The molecule has 0 spiro atoms. The summed E-state index contributed by atoms with van der Waals surface area (Å²) in [5.74, 6) is 3.88. The Labute approximate surface area is 647 Å². The summed E-state index contributed by atoms with van der Waals surface area (Å²) in [7, 11) is 0. The summed E-state index contributed by atoms with van der Waals surface area (Å²) < 4.78 is 6.57. The van der Waals surface area contributed by atoms with E-state index in [1.165, 1.54) is 92.6 Å². The summed E-state index contributed by atoms with van der Waals surface area (Å²) >= 11 is 0. The largest absolute Gasteiger partial charge is 0.455 e. The lowest BCUT2D eigenvalue weighted by atomic mass is 9.79. The molecule has 0 N–H and O–H groups in total. The van der Waals surface area contributed by atoms with E-state index in [1.807, 2.05) is 127 Å². The molecule has 0 saturated heterocycles. The van der Waals surface area contributed by atoms with Crippen LogP contribution in [0, 0.1) is 0 Å². The van der Waals surface area contributed by atoms with E-state index >= 15 is 0 Å². The van der Waals surface area contributed by atoms with E-state index in [0.29, 0.717) is 34.9 Å². The second-order valence-corrected chi connectivity index (χ2v) is 29.6. The molecule has 1 aliphatic rings. The van der Waals surface area contributed by atoms with Gasteiger partial charge in [0.05, 0.1) is 0 Å². The van der Waals surface area contributed by atoms with Crippen LogP contribution in [0.3, 0.4) is 0 Å². The zero-order chi connectivity index (χ0) is 74.4. The number of nitrogens with zero attached hydrogens (tertiary/aromatic N) is 6. The third-order valence-electron chi connectivity index (χ3n) is 22.6. The molecule has 7 heteroatoms. The van der Waals surface area contributed by atoms with Gasteiger partial charge in [0.1, 0.15) is 11.2 Å². The molecule has 112 heavy (non-hydrogen) atoms. The lowest BCUT2D eigenvalue weighted by Crippen LogP contribution is -2.15. The van der Waals surface area contributed by atoms with Gasteiger partial charge in [-0.2, -0.15) is 0 Å².